The quantitative estimate of drug-likeness (QED) is 0.715. The molecule has 0 fully saturated rings. The fraction of sp³-hybridized carbons (Fsp3) is 0.636. The zero-order valence-corrected chi connectivity index (χ0v) is 11.8. The molecule has 5 nitrogen and oxygen atoms in total. The molecule has 2 aliphatic rings. The Bertz CT molecular complexity index is 343. The summed E-state index contributed by atoms with van der Waals surface area (Å²) in [6.07, 6.45) is 0.827. The normalized spacial score (nSPS) is 27.0. The van der Waals surface area contributed by atoms with Gasteiger partial charge in [0.05, 0.1) is 0 Å². The third kappa shape index (κ3) is 1.87. The van der Waals surface area contributed by atoms with Gasteiger partial charge in [0.2, 0.25) is 0 Å². The van der Waals surface area contributed by atoms with E-state index in [4.69, 9.17) is 22.6 Å². The average molecular weight is 262 g/mol. The molecule has 2 heterocycles. The monoisotopic (exact) mass is 262 g/mol. The molecule has 0 aliphatic carbocycles. The van der Waals surface area contributed by atoms with Crippen LogP contribution in [0.5, 0.6) is 0 Å². The second-order valence-corrected chi connectivity index (χ2v) is 6.65. The van der Waals surface area contributed by atoms with Crippen LogP contribution in [0.2, 0.25) is 0 Å². The first-order chi connectivity index (χ1) is 7.90. The van der Waals surface area contributed by atoms with Gasteiger partial charge in [-0.2, -0.15) is 0 Å². The third-order valence-electron chi connectivity index (χ3n) is 2.64. The second-order valence-electron chi connectivity index (χ2n) is 4.17. The fourth-order valence-corrected chi connectivity index (χ4v) is 4.83. The third-order valence-corrected chi connectivity index (χ3v) is 5.53. The van der Waals surface area contributed by atoms with Gasteiger partial charge in [0.15, 0.2) is 0 Å². The van der Waals surface area contributed by atoms with E-state index < -0.39 is 7.74 Å². The molecule has 1 spiro atoms. The van der Waals surface area contributed by atoms with Gasteiger partial charge < -0.3 is 0 Å². The van der Waals surface area contributed by atoms with E-state index in [1.54, 1.807) is 0 Å². The molecule has 0 unspecified atom stereocenters. The summed E-state index contributed by atoms with van der Waals surface area (Å²) in [6.45, 7) is 9.69. The van der Waals surface area contributed by atoms with Crippen LogP contribution in [0, 0.1) is 0 Å². The van der Waals surface area contributed by atoms with E-state index in [0.29, 0.717) is 29.6 Å². The second kappa shape index (κ2) is 3.79. The molecule has 2 rings (SSSR count). The van der Waals surface area contributed by atoms with Gasteiger partial charge in [-0.3, -0.25) is 0 Å². The van der Waals surface area contributed by atoms with Crippen molar-refractivity contribution in [2.45, 2.75) is 41.0 Å². The summed E-state index contributed by atoms with van der Waals surface area (Å²) in [5.74, 6) is 2.56. The van der Waals surface area contributed by atoms with Gasteiger partial charge in [0.25, 0.3) is 0 Å². The summed E-state index contributed by atoms with van der Waals surface area (Å²) in [5, 5.41) is 0. The maximum atomic E-state index is 5.73. The zero-order chi connectivity index (χ0) is 12.7. The van der Waals surface area contributed by atoms with Crippen molar-refractivity contribution in [1.82, 2.24) is 0 Å². The van der Waals surface area contributed by atoms with E-state index in [1.807, 2.05) is 34.6 Å². The molecular formula is C11H19O5P. The predicted molar refractivity (Wildman–Crippen MR) is 64.3 cm³/mol. The number of hydrogen-bond acceptors (Lipinski definition) is 5. The molecule has 0 amide bonds. The Morgan fingerprint density at radius 2 is 1.18 bits per heavy atom. The van der Waals surface area contributed by atoms with E-state index in [-0.39, 0.29) is 0 Å². The molecule has 0 saturated heterocycles. The Kier molecular flexibility index (Phi) is 2.79. The first kappa shape index (κ1) is 12.5. The molecule has 0 N–H and O–H groups in total. The van der Waals surface area contributed by atoms with Crippen LogP contribution in [-0.2, 0) is 22.6 Å². The van der Waals surface area contributed by atoms with Gasteiger partial charge in [-0.15, -0.1) is 0 Å². The summed E-state index contributed by atoms with van der Waals surface area (Å²) in [5.41, 5.74) is 0. The van der Waals surface area contributed by atoms with Gasteiger partial charge in [-0.05, 0) is 0 Å². The van der Waals surface area contributed by atoms with Crippen LogP contribution in [0.25, 0.3) is 0 Å². The van der Waals surface area contributed by atoms with Crippen molar-refractivity contribution in [3.05, 3.63) is 23.0 Å². The standard InChI is InChI=1S/C11H19O5P/c1-6-7-12-17(13-8(2)9(3)14-17)15-10(4)11(5)16-17/h6-7H2,1-5H3. The van der Waals surface area contributed by atoms with Crippen LogP contribution >= 0.6 is 7.74 Å². The number of rotatable bonds is 3. The number of hydrogen-bond donors (Lipinski definition) is 0. The van der Waals surface area contributed by atoms with E-state index in [1.165, 1.54) is 0 Å². The fourth-order valence-electron chi connectivity index (χ4n) is 1.61. The first-order valence-electron chi connectivity index (χ1n) is 5.73. The minimum atomic E-state index is -3.92. The molecule has 0 aromatic carbocycles. The van der Waals surface area contributed by atoms with Crippen molar-refractivity contribution in [3.8, 4) is 0 Å². The van der Waals surface area contributed by atoms with Gasteiger partial charge in [0, 0.05) is 0 Å². The van der Waals surface area contributed by atoms with Crippen molar-refractivity contribution in [2.24, 2.45) is 0 Å². The van der Waals surface area contributed by atoms with Crippen LogP contribution in [0.15, 0.2) is 23.0 Å². The Morgan fingerprint density at radius 3 is 1.47 bits per heavy atom. The zero-order valence-electron chi connectivity index (χ0n) is 10.9. The Labute approximate surface area is 102 Å². The van der Waals surface area contributed by atoms with Crippen molar-refractivity contribution < 1.29 is 22.6 Å². The molecule has 0 bridgehead atoms. The van der Waals surface area contributed by atoms with Crippen LogP contribution in [0.4, 0.5) is 0 Å². The molecular weight excluding hydrogens is 243 g/mol. The Morgan fingerprint density at radius 1 is 0.824 bits per heavy atom. The summed E-state index contributed by atoms with van der Waals surface area (Å²) in [6, 6.07) is 0. The van der Waals surface area contributed by atoms with E-state index in [9.17, 15) is 0 Å². The topological polar surface area (TPSA) is 46.2 Å². The minimum absolute atomic E-state index is 0.457. The molecule has 0 radical (unpaired) electrons. The van der Waals surface area contributed by atoms with Crippen LogP contribution < -0.4 is 0 Å². The van der Waals surface area contributed by atoms with Gasteiger partial charge in [0.1, 0.15) is 0 Å². The van der Waals surface area contributed by atoms with Crippen LogP contribution in [0.3, 0.4) is 0 Å². The Hall–Kier alpha value is -0.930. The van der Waals surface area contributed by atoms with E-state index >= 15 is 0 Å². The van der Waals surface area contributed by atoms with E-state index in [0.717, 1.165) is 6.42 Å². The Balaban J connectivity index is 2.29. The summed E-state index contributed by atoms with van der Waals surface area (Å²) < 4.78 is 28.7. The maximum absolute atomic E-state index is 5.73. The SMILES string of the molecule is CCCOP12(OC(C)=C(C)O1)OC(C)=C(C)O2. The summed E-state index contributed by atoms with van der Waals surface area (Å²) in [4.78, 5) is 0. The molecule has 6 heteroatoms. The van der Waals surface area contributed by atoms with Gasteiger partial charge in [-0.1, -0.05) is 0 Å². The molecule has 98 valence electrons. The number of allylic oxidation sites excluding steroid dienone is 4. The van der Waals surface area contributed by atoms with Crippen molar-refractivity contribution in [1.29, 1.82) is 0 Å². The van der Waals surface area contributed by atoms with Crippen molar-refractivity contribution >= 4 is 7.74 Å². The van der Waals surface area contributed by atoms with Gasteiger partial charge in [-0.25, -0.2) is 0 Å². The van der Waals surface area contributed by atoms with Gasteiger partial charge >= 0.3 is 101 Å². The van der Waals surface area contributed by atoms with Crippen molar-refractivity contribution in [3.63, 3.8) is 0 Å². The van der Waals surface area contributed by atoms with Crippen LogP contribution in [0.1, 0.15) is 41.0 Å². The summed E-state index contributed by atoms with van der Waals surface area (Å²) in [7, 11) is -3.92. The first-order valence-corrected chi connectivity index (χ1v) is 7.55. The molecule has 17 heavy (non-hydrogen) atoms. The molecule has 0 aromatic heterocycles. The molecule has 0 aromatic rings. The molecule has 2 aliphatic heterocycles. The molecule has 0 saturated carbocycles. The van der Waals surface area contributed by atoms with E-state index in [2.05, 4.69) is 0 Å². The van der Waals surface area contributed by atoms with Crippen LogP contribution in [-0.4, -0.2) is 6.61 Å². The predicted octanol–water partition coefficient (Wildman–Crippen LogP) is 4.14. The van der Waals surface area contributed by atoms with Crippen molar-refractivity contribution in [2.75, 3.05) is 6.61 Å². The summed E-state index contributed by atoms with van der Waals surface area (Å²) >= 11 is 0. The average Bonchev–Trinajstić information content (AvgIpc) is 2.62. The molecule has 0 atom stereocenters.